The minimum absolute atomic E-state index is 0.0444. The third-order valence-electron chi connectivity index (χ3n) is 2.03. The van der Waals surface area contributed by atoms with Crippen molar-refractivity contribution >= 4 is 34.7 Å². The Labute approximate surface area is 121 Å². The Balaban J connectivity index is 2.10. The minimum atomic E-state index is -4.72. The molecule has 1 aromatic heterocycles. The van der Waals surface area contributed by atoms with Gasteiger partial charge in [-0.3, -0.25) is 0 Å². The average molecular weight is 324 g/mol. The maximum atomic E-state index is 12.0. The molecule has 0 aliphatic carbocycles. The first-order chi connectivity index (χ1) is 9.32. The fraction of sp³-hybridized carbons (Fsp3) is 0.0909. The van der Waals surface area contributed by atoms with Crippen LogP contribution in [-0.2, 0) is 0 Å². The van der Waals surface area contributed by atoms with Crippen molar-refractivity contribution in [3.63, 3.8) is 0 Å². The van der Waals surface area contributed by atoms with Crippen molar-refractivity contribution in [2.45, 2.75) is 6.36 Å². The Morgan fingerprint density at radius 3 is 2.25 bits per heavy atom. The normalized spacial score (nSPS) is 11.2. The summed E-state index contributed by atoms with van der Waals surface area (Å²) in [5.74, 6) is 0.00120. The molecule has 1 aromatic carbocycles. The number of aromatic nitrogens is 2. The molecule has 0 spiro atoms. The van der Waals surface area contributed by atoms with Crippen LogP contribution in [0.3, 0.4) is 0 Å². The van der Waals surface area contributed by atoms with Gasteiger partial charge in [0.05, 0.1) is 0 Å². The van der Waals surface area contributed by atoms with Gasteiger partial charge in [-0.1, -0.05) is 11.6 Å². The van der Waals surface area contributed by atoms with Crippen molar-refractivity contribution in [1.29, 1.82) is 0 Å². The molecule has 0 atom stereocenters. The van der Waals surface area contributed by atoms with E-state index >= 15 is 0 Å². The Morgan fingerprint density at radius 1 is 1.05 bits per heavy atom. The van der Waals surface area contributed by atoms with Crippen LogP contribution in [0.1, 0.15) is 0 Å². The second-order valence-electron chi connectivity index (χ2n) is 3.54. The summed E-state index contributed by atoms with van der Waals surface area (Å²) in [5.41, 5.74) is 0.491. The molecule has 0 fully saturated rings. The summed E-state index contributed by atoms with van der Waals surface area (Å²) in [6.45, 7) is 0. The molecule has 1 N–H and O–H groups in total. The number of anilines is 2. The summed E-state index contributed by atoms with van der Waals surface area (Å²) in [4.78, 5) is 7.52. The highest BCUT2D eigenvalue weighted by Crippen LogP contribution is 2.25. The van der Waals surface area contributed by atoms with Crippen LogP contribution >= 0.6 is 23.2 Å². The van der Waals surface area contributed by atoms with Gasteiger partial charge in [0.2, 0.25) is 5.28 Å². The molecule has 106 valence electrons. The van der Waals surface area contributed by atoms with Gasteiger partial charge in [-0.2, -0.15) is 0 Å². The van der Waals surface area contributed by atoms with Crippen LogP contribution in [0.5, 0.6) is 5.75 Å². The van der Waals surface area contributed by atoms with Crippen LogP contribution < -0.4 is 10.1 Å². The van der Waals surface area contributed by atoms with Crippen LogP contribution in [0.15, 0.2) is 30.3 Å². The van der Waals surface area contributed by atoms with Gasteiger partial charge in [-0.25, -0.2) is 9.97 Å². The number of hydrogen-bond donors (Lipinski definition) is 1. The molecule has 0 unspecified atom stereocenters. The van der Waals surface area contributed by atoms with E-state index in [2.05, 4.69) is 20.0 Å². The molecule has 4 nitrogen and oxygen atoms in total. The molecule has 0 aliphatic heterocycles. The van der Waals surface area contributed by atoms with E-state index in [0.717, 1.165) is 0 Å². The SMILES string of the molecule is FC(F)(F)Oc1ccc(Nc2cc(Cl)nc(Cl)n2)cc1. The zero-order valence-corrected chi connectivity index (χ0v) is 11.1. The van der Waals surface area contributed by atoms with Crippen LogP contribution in [-0.4, -0.2) is 16.3 Å². The summed E-state index contributed by atoms with van der Waals surface area (Å²) in [6.07, 6.45) is -4.72. The lowest BCUT2D eigenvalue weighted by atomic mass is 10.3. The van der Waals surface area contributed by atoms with Crippen molar-refractivity contribution in [2.75, 3.05) is 5.32 Å². The van der Waals surface area contributed by atoms with E-state index in [1.165, 1.54) is 30.3 Å². The molecule has 20 heavy (non-hydrogen) atoms. The summed E-state index contributed by atoms with van der Waals surface area (Å²) >= 11 is 11.3. The van der Waals surface area contributed by atoms with E-state index in [1.54, 1.807) is 0 Å². The maximum absolute atomic E-state index is 12.0. The van der Waals surface area contributed by atoms with Crippen molar-refractivity contribution in [1.82, 2.24) is 9.97 Å². The molecule has 2 aromatic rings. The van der Waals surface area contributed by atoms with Gasteiger partial charge in [0.25, 0.3) is 0 Å². The van der Waals surface area contributed by atoms with Crippen LogP contribution in [0.25, 0.3) is 0 Å². The molecular weight excluding hydrogens is 318 g/mol. The third-order valence-corrected chi connectivity index (χ3v) is 2.39. The number of rotatable bonds is 3. The Morgan fingerprint density at radius 2 is 1.70 bits per heavy atom. The van der Waals surface area contributed by atoms with E-state index in [0.29, 0.717) is 11.5 Å². The minimum Gasteiger partial charge on any atom is -0.406 e. The van der Waals surface area contributed by atoms with Gasteiger partial charge >= 0.3 is 6.36 Å². The van der Waals surface area contributed by atoms with Crippen molar-refractivity contribution in [2.24, 2.45) is 0 Å². The first kappa shape index (κ1) is 14.7. The second-order valence-corrected chi connectivity index (χ2v) is 4.27. The highest BCUT2D eigenvalue weighted by molar-refractivity contribution is 6.32. The van der Waals surface area contributed by atoms with Crippen molar-refractivity contribution in [3.05, 3.63) is 40.8 Å². The zero-order chi connectivity index (χ0) is 14.8. The number of benzene rings is 1. The number of ether oxygens (including phenoxy) is 1. The average Bonchev–Trinajstić information content (AvgIpc) is 2.28. The third kappa shape index (κ3) is 4.43. The predicted octanol–water partition coefficient (Wildman–Crippen LogP) is 4.43. The maximum Gasteiger partial charge on any atom is 0.573 e. The Hall–Kier alpha value is -1.73. The van der Waals surface area contributed by atoms with E-state index in [-0.39, 0.29) is 16.2 Å². The van der Waals surface area contributed by atoms with E-state index in [9.17, 15) is 13.2 Å². The van der Waals surface area contributed by atoms with Gasteiger partial charge in [-0.15, -0.1) is 13.2 Å². The lowest BCUT2D eigenvalue weighted by Crippen LogP contribution is -2.16. The monoisotopic (exact) mass is 323 g/mol. The first-order valence-corrected chi connectivity index (χ1v) is 5.90. The summed E-state index contributed by atoms with van der Waals surface area (Å²) in [7, 11) is 0. The molecule has 0 saturated carbocycles. The van der Waals surface area contributed by atoms with Gasteiger partial charge in [0, 0.05) is 11.8 Å². The lowest BCUT2D eigenvalue weighted by Gasteiger charge is -2.10. The van der Waals surface area contributed by atoms with Gasteiger partial charge in [-0.05, 0) is 35.9 Å². The summed E-state index contributed by atoms with van der Waals surface area (Å²) in [5, 5.41) is 2.92. The van der Waals surface area contributed by atoms with E-state index in [4.69, 9.17) is 23.2 Å². The van der Waals surface area contributed by atoms with Crippen LogP contribution in [0, 0.1) is 0 Å². The fourth-order valence-corrected chi connectivity index (χ4v) is 1.75. The fourth-order valence-electron chi connectivity index (χ4n) is 1.34. The van der Waals surface area contributed by atoms with Gasteiger partial charge < -0.3 is 10.1 Å². The highest BCUT2D eigenvalue weighted by Gasteiger charge is 2.30. The first-order valence-electron chi connectivity index (χ1n) is 5.15. The van der Waals surface area contributed by atoms with Crippen molar-refractivity contribution in [3.8, 4) is 5.75 Å². The van der Waals surface area contributed by atoms with E-state index in [1.807, 2.05) is 0 Å². The van der Waals surface area contributed by atoms with Crippen LogP contribution in [0.2, 0.25) is 10.4 Å². The zero-order valence-electron chi connectivity index (χ0n) is 9.58. The molecule has 0 saturated heterocycles. The second kappa shape index (κ2) is 5.72. The standard InChI is InChI=1S/C11H6Cl2F3N3O/c12-8-5-9(19-10(13)18-8)17-6-1-3-7(4-2-6)20-11(14,15)16/h1-5H,(H,17,18,19). The van der Waals surface area contributed by atoms with E-state index < -0.39 is 6.36 Å². The molecule has 0 radical (unpaired) electrons. The molecule has 0 bridgehead atoms. The molecule has 9 heteroatoms. The Kier molecular flexibility index (Phi) is 4.20. The summed E-state index contributed by atoms with van der Waals surface area (Å²) in [6, 6.07) is 6.55. The number of alkyl halides is 3. The molecular formula is C11H6Cl2F3N3O. The van der Waals surface area contributed by atoms with Crippen LogP contribution in [0.4, 0.5) is 24.7 Å². The number of nitrogens with one attached hydrogen (secondary N) is 1. The predicted molar refractivity (Wildman–Crippen MR) is 68.5 cm³/mol. The summed E-state index contributed by atoms with van der Waals surface area (Å²) < 4.78 is 39.7. The molecule has 0 aliphatic rings. The smallest absolute Gasteiger partial charge is 0.406 e. The van der Waals surface area contributed by atoms with Gasteiger partial charge in [0.1, 0.15) is 16.7 Å². The Bertz CT molecular complexity index is 585. The lowest BCUT2D eigenvalue weighted by molar-refractivity contribution is -0.274. The molecule has 1 heterocycles. The number of nitrogens with zero attached hydrogens (tertiary/aromatic N) is 2. The quantitative estimate of drug-likeness (QED) is 0.670. The number of halogens is 5. The largest absolute Gasteiger partial charge is 0.573 e. The van der Waals surface area contributed by atoms with Crippen molar-refractivity contribution < 1.29 is 17.9 Å². The highest BCUT2D eigenvalue weighted by atomic mass is 35.5. The van der Waals surface area contributed by atoms with Gasteiger partial charge in [0.15, 0.2) is 0 Å². The molecule has 2 rings (SSSR count). The topological polar surface area (TPSA) is 47.0 Å². The molecule has 0 amide bonds. The number of hydrogen-bond acceptors (Lipinski definition) is 4.